The molecule has 0 aromatic heterocycles. The largest absolute Gasteiger partial charge is 0.497 e. The van der Waals surface area contributed by atoms with Crippen molar-refractivity contribution in [1.82, 2.24) is 5.32 Å². The number of urea groups is 1. The van der Waals surface area contributed by atoms with Crippen molar-refractivity contribution in [1.29, 1.82) is 0 Å². The zero-order valence-electron chi connectivity index (χ0n) is 10.5. The van der Waals surface area contributed by atoms with Crippen molar-refractivity contribution in [3.05, 3.63) is 24.3 Å². The van der Waals surface area contributed by atoms with Crippen LogP contribution in [0.2, 0.25) is 0 Å². The fourth-order valence-corrected chi connectivity index (χ4v) is 1.78. The van der Waals surface area contributed by atoms with Crippen LogP contribution in [0, 0.1) is 5.92 Å². The van der Waals surface area contributed by atoms with Crippen LogP contribution in [-0.2, 0) is 0 Å². The molecule has 4 N–H and O–H groups in total. The van der Waals surface area contributed by atoms with Gasteiger partial charge in [-0.1, -0.05) is 6.07 Å². The molecule has 5 heteroatoms. The van der Waals surface area contributed by atoms with E-state index in [1.165, 1.54) is 12.8 Å². The van der Waals surface area contributed by atoms with Crippen LogP contribution < -0.4 is 21.1 Å². The number of benzene rings is 1. The number of ether oxygens (including phenoxy) is 1. The molecule has 1 aliphatic carbocycles. The quantitative estimate of drug-likeness (QED) is 0.741. The van der Waals surface area contributed by atoms with E-state index in [-0.39, 0.29) is 12.1 Å². The molecule has 2 rings (SSSR count). The number of anilines is 1. The van der Waals surface area contributed by atoms with E-state index in [4.69, 9.17) is 10.5 Å². The molecule has 1 aliphatic rings. The molecule has 0 aliphatic heterocycles. The van der Waals surface area contributed by atoms with Crippen molar-refractivity contribution in [2.75, 3.05) is 19.0 Å². The van der Waals surface area contributed by atoms with E-state index in [1.54, 1.807) is 13.2 Å². The Hall–Kier alpha value is -1.75. The molecule has 0 spiro atoms. The number of carbonyl (C=O) groups is 1. The normalized spacial score (nSPS) is 15.9. The molecule has 5 nitrogen and oxygen atoms in total. The maximum atomic E-state index is 11.6. The Labute approximate surface area is 107 Å². The van der Waals surface area contributed by atoms with Crippen LogP contribution in [0.3, 0.4) is 0 Å². The Bertz CT molecular complexity index is 418. The van der Waals surface area contributed by atoms with E-state index in [9.17, 15) is 4.79 Å². The number of hydrogen-bond acceptors (Lipinski definition) is 3. The molecule has 1 atom stereocenters. The highest BCUT2D eigenvalue weighted by molar-refractivity contribution is 5.89. The number of nitrogens with two attached hydrogens (primary N) is 1. The van der Waals surface area contributed by atoms with E-state index in [0.717, 1.165) is 0 Å². The summed E-state index contributed by atoms with van der Waals surface area (Å²) in [5.74, 6) is 1.30. The molecule has 1 aromatic carbocycles. The fourth-order valence-electron chi connectivity index (χ4n) is 1.78. The molecular formula is C13H19N3O2. The standard InChI is InChI=1S/C13H19N3O2/c1-18-11-4-2-3-10(7-11)16-13(17)15-8-12(14)9-5-6-9/h2-4,7,9,12H,5-6,8,14H2,1H3,(H2,15,16,17). The zero-order chi connectivity index (χ0) is 13.0. The van der Waals surface area contributed by atoms with E-state index in [2.05, 4.69) is 10.6 Å². The van der Waals surface area contributed by atoms with E-state index < -0.39 is 0 Å². The van der Waals surface area contributed by atoms with Crippen LogP contribution >= 0.6 is 0 Å². The summed E-state index contributed by atoms with van der Waals surface area (Å²) in [7, 11) is 1.59. The van der Waals surface area contributed by atoms with Crippen molar-refractivity contribution in [2.24, 2.45) is 11.7 Å². The van der Waals surface area contributed by atoms with Crippen LogP contribution in [0.1, 0.15) is 12.8 Å². The second-order valence-corrected chi connectivity index (χ2v) is 4.57. The number of amides is 2. The Kier molecular flexibility index (Phi) is 4.04. The first-order valence-corrected chi connectivity index (χ1v) is 6.13. The van der Waals surface area contributed by atoms with Gasteiger partial charge in [-0.05, 0) is 30.9 Å². The zero-order valence-corrected chi connectivity index (χ0v) is 10.5. The molecule has 0 heterocycles. The molecule has 98 valence electrons. The van der Waals surface area contributed by atoms with Gasteiger partial charge in [0.1, 0.15) is 5.75 Å². The molecular weight excluding hydrogens is 230 g/mol. The average molecular weight is 249 g/mol. The molecule has 0 bridgehead atoms. The van der Waals surface area contributed by atoms with Crippen LogP contribution in [-0.4, -0.2) is 25.7 Å². The van der Waals surface area contributed by atoms with Gasteiger partial charge in [-0.2, -0.15) is 0 Å². The highest BCUT2D eigenvalue weighted by Crippen LogP contribution is 2.31. The van der Waals surface area contributed by atoms with Gasteiger partial charge in [0.05, 0.1) is 7.11 Å². The predicted molar refractivity (Wildman–Crippen MR) is 70.7 cm³/mol. The third-order valence-corrected chi connectivity index (χ3v) is 3.05. The van der Waals surface area contributed by atoms with Crippen LogP contribution in [0.4, 0.5) is 10.5 Å². The van der Waals surface area contributed by atoms with Crippen molar-refractivity contribution in [3.63, 3.8) is 0 Å². The summed E-state index contributed by atoms with van der Waals surface area (Å²) in [5, 5.41) is 5.52. The van der Waals surface area contributed by atoms with Gasteiger partial charge in [0, 0.05) is 24.3 Å². The molecule has 1 unspecified atom stereocenters. The van der Waals surface area contributed by atoms with Gasteiger partial charge in [0.15, 0.2) is 0 Å². The Morgan fingerprint density at radius 1 is 1.56 bits per heavy atom. The van der Waals surface area contributed by atoms with Gasteiger partial charge < -0.3 is 21.1 Å². The first-order chi connectivity index (χ1) is 8.69. The average Bonchev–Trinajstić information content (AvgIpc) is 3.20. The summed E-state index contributed by atoms with van der Waals surface area (Å²) in [6.45, 7) is 0.514. The minimum Gasteiger partial charge on any atom is -0.497 e. The smallest absolute Gasteiger partial charge is 0.319 e. The first kappa shape index (κ1) is 12.7. The van der Waals surface area contributed by atoms with Crippen LogP contribution in [0.15, 0.2) is 24.3 Å². The maximum absolute atomic E-state index is 11.6. The highest BCUT2D eigenvalue weighted by Gasteiger charge is 2.28. The Morgan fingerprint density at radius 2 is 2.33 bits per heavy atom. The number of nitrogens with one attached hydrogen (secondary N) is 2. The molecule has 1 fully saturated rings. The van der Waals surface area contributed by atoms with E-state index in [0.29, 0.717) is 23.9 Å². The topological polar surface area (TPSA) is 76.4 Å². The lowest BCUT2D eigenvalue weighted by molar-refractivity contribution is 0.251. The number of carbonyl (C=O) groups excluding carboxylic acids is 1. The van der Waals surface area contributed by atoms with Crippen LogP contribution in [0.5, 0.6) is 5.75 Å². The van der Waals surface area contributed by atoms with Gasteiger partial charge in [-0.15, -0.1) is 0 Å². The molecule has 1 aromatic rings. The van der Waals surface area contributed by atoms with E-state index in [1.807, 2.05) is 18.2 Å². The Morgan fingerprint density at radius 3 is 3.00 bits per heavy atom. The summed E-state index contributed by atoms with van der Waals surface area (Å²) in [6, 6.07) is 7.06. The maximum Gasteiger partial charge on any atom is 0.319 e. The lowest BCUT2D eigenvalue weighted by Gasteiger charge is -2.12. The van der Waals surface area contributed by atoms with Gasteiger partial charge in [0.2, 0.25) is 0 Å². The van der Waals surface area contributed by atoms with Crippen molar-refractivity contribution < 1.29 is 9.53 Å². The molecule has 1 saturated carbocycles. The Balaban J connectivity index is 1.78. The second-order valence-electron chi connectivity index (χ2n) is 4.57. The fraction of sp³-hybridized carbons (Fsp3) is 0.462. The van der Waals surface area contributed by atoms with Crippen molar-refractivity contribution in [2.45, 2.75) is 18.9 Å². The second kappa shape index (κ2) is 5.73. The number of rotatable bonds is 5. The summed E-state index contributed by atoms with van der Waals surface area (Å²) in [4.78, 5) is 11.6. The monoisotopic (exact) mass is 249 g/mol. The molecule has 18 heavy (non-hydrogen) atoms. The lowest BCUT2D eigenvalue weighted by Crippen LogP contribution is -2.40. The minimum absolute atomic E-state index is 0.0704. The van der Waals surface area contributed by atoms with Crippen molar-refractivity contribution in [3.8, 4) is 5.75 Å². The van der Waals surface area contributed by atoms with Crippen LogP contribution in [0.25, 0.3) is 0 Å². The summed E-state index contributed by atoms with van der Waals surface area (Å²) >= 11 is 0. The highest BCUT2D eigenvalue weighted by atomic mass is 16.5. The number of hydrogen-bond donors (Lipinski definition) is 3. The SMILES string of the molecule is COc1cccc(NC(=O)NCC(N)C2CC2)c1. The first-order valence-electron chi connectivity index (χ1n) is 6.13. The van der Waals surface area contributed by atoms with E-state index >= 15 is 0 Å². The molecule has 0 radical (unpaired) electrons. The third-order valence-electron chi connectivity index (χ3n) is 3.05. The summed E-state index contributed by atoms with van der Waals surface area (Å²) in [6.07, 6.45) is 2.36. The van der Waals surface area contributed by atoms with Gasteiger partial charge >= 0.3 is 6.03 Å². The summed E-state index contributed by atoms with van der Waals surface area (Å²) < 4.78 is 5.08. The van der Waals surface area contributed by atoms with Gasteiger partial charge in [0.25, 0.3) is 0 Å². The molecule has 2 amide bonds. The minimum atomic E-state index is -0.237. The number of methoxy groups -OCH3 is 1. The predicted octanol–water partition coefficient (Wildman–Crippen LogP) is 1.55. The lowest BCUT2D eigenvalue weighted by atomic mass is 10.2. The van der Waals surface area contributed by atoms with Gasteiger partial charge in [-0.25, -0.2) is 4.79 Å². The summed E-state index contributed by atoms with van der Waals surface area (Å²) in [5.41, 5.74) is 6.60. The van der Waals surface area contributed by atoms with Gasteiger partial charge in [-0.3, -0.25) is 0 Å². The third kappa shape index (κ3) is 3.63. The van der Waals surface area contributed by atoms with Crippen molar-refractivity contribution >= 4 is 11.7 Å². The molecule has 0 saturated heterocycles.